The molecule has 11 rings (SSSR count). The molecule has 286 valence electrons. The van der Waals surface area contributed by atoms with E-state index in [1.54, 1.807) is 0 Å². The number of imidazole rings is 3. The first kappa shape index (κ1) is 35.1. The number of pyridine rings is 3. The summed E-state index contributed by atoms with van der Waals surface area (Å²) in [6.45, 7) is 0. The Morgan fingerprint density at radius 2 is 0.617 bits per heavy atom. The summed E-state index contributed by atoms with van der Waals surface area (Å²) >= 11 is 0. The third kappa shape index (κ3) is 5.78. The van der Waals surface area contributed by atoms with Gasteiger partial charge in [0.15, 0.2) is 16.9 Å². The fourth-order valence-corrected chi connectivity index (χ4v) is 8.52. The van der Waals surface area contributed by atoms with E-state index in [2.05, 4.69) is 144 Å². The molecule has 5 aromatic carbocycles. The Morgan fingerprint density at radius 1 is 0.300 bits per heavy atom. The van der Waals surface area contributed by atoms with Crippen molar-refractivity contribution in [1.29, 1.82) is 0 Å². The smallest absolute Gasteiger partial charge is 0.159 e. The second kappa shape index (κ2) is 14.1. The molecule has 0 fully saturated rings. The van der Waals surface area contributed by atoms with Gasteiger partial charge < -0.3 is 13.7 Å². The molecule has 6 aromatic heterocycles. The first-order valence-corrected chi connectivity index (χ1v) is 19.9. The summed E-state index contributed by atoms with van der Waals surface area (Å²) < 4.78 is 6.17. The van der Waals surface area contributed by atoms with Crippen LogP contribution in [-0.4, -0.2) is 43.6 Å². The third-order valence-electron chi connectivity index (χ3n) is 11.5. The van der Waals surface area contributed by atoms with Gasteiger partial charge in [-0.1, -0.05) is 115 Å². The first-order valence-electron chi connectivity index (χ1n) is 19.9. The van der Waals surface area contributed by atoms with Gasteiger partial charge in [-0.25, -0.2) is 29.9 Å². The SMILES string of the molecule is Cn1c(-c2ccc(-c3ccc(-c4ccccc4)c(-c4ccc(-c5nc6cccnc6n5C)cc4)c3-c3ccc(-c4nc5cccnc5n4C)cc3)cc2)nc2cccnc21. The molecule has 0 radical (unpaired) electrons. The molecule has 0 atom stereocenters. The third-order valence-corrected chi connectivity index (χ3v) is 11.5. The minimum absolute atomic E-state index is 0.855. The average Bonchev–Trinajstić information content (AvgIpc) is 3.96. The quantitative estimate of drug-likeness (QED) is 0.160. The van der Waals surface area contributed by atoms with Crippen molar-refractivity contribution in [2.75, 3.05) is 0 Å². The molecule has 0 unspecified atom stereocenters. The van der Waals surface area contributed by atoms with E-state index in [1.165, 1.54) is 0 Å². The lowest BCUT2D eigenvalue weighted by Gasteiger charge is -2.21. The molecule has 0 saturated carbocycles. The van der Waals surface area contributed by atoms with Crippen molar-refractivity contribution in [3.8, 4) is 78.7 Å². The van der Waals surface area contributed by atoms with E-state index in [-0.39, 0.29) is 0 Å². The Bertz CT molecular complexity index is 3380. The highest BCUT2D eigenvalue weighted by Crippen LogP contribution is 2.46. The topological polar surface area (TPSA) is 92.1 Å². The second-order valence-corrected chi connectivity index (χ2v) is 15.0. The largest absolute Gasteiger partial charge is 0.312 e. The van der Waals surface area contributed by atoms with E-state index in [4.69, 9.17) is 15.0 Å². The van der Waals surface area contributed by atoms with E-state index in [9.17, 15) is 0 Å². The molecule has 0 spiro atoms. The first-order chi connectivity index (χ1) is 29.5. The van der Waals surface area contributed by atoms with Crippen LogP contribution in [0.3, 0.4) is 0 Å². The predicted octanol–water partition coefficient (Wildman–Crippen LogP) is 11.2. The number of rotatable bonds is 7. The van der Waals surface area contributed by atoms with Crippen LogP contribution in [0.1, 0.15) is 0 Å². The Morgan fingerprint density at radius 3 is 0.967 bits per heavy atom. The monoisotopic (exact) mass is 775 g/mol. The van der Waals surface area contributed by atoms with Crippen molar-refractivity contribution >= 4 is 33.5 Å². The lowest BCUT2D eigenvalue weighted by molar-refractivity contribution is 0.942. The summed E-state index contributed by atoms with van der Waals surface area (Å²) in [5.74, 6) is 2.62. The fraction of sp³-hybridized carbons (Fsp3) is 0.0588. The lowest BCUT2D eigenvalue weighted by Crippen LogP contribution is -1.97. The van der Waals surface area contributed by atoms with E-state index < -0.39 is 0 Å². The molecule has 0 aliphatic heterocycles. The van der Waals surface area contributed by atoms with Crippen LogP contribution in [0.5, 0.6) is 0 Å². The van der Waals surface area contributed by atoms with Crippen LogP contribution < -0.4 is 0 Å². The Hall–Kier alpha value is -8.04. The molecule has 0 aliphatic carbocycles. The molecule has 0 saturated heterocycles. The summed E-state index contributed by atoms with van der Waals surface area (Å²) in [5.41, 5.74) is 17.2. The molecule has 9 heteroatoms. The van der Waals surface area contributed by atoms with Gasteiger partial charge in [-0.15, -0.1) is 0 Å². The van der Waals surface area contributed by atoms with E-state index in [1.807, 2.05) is 76.1 Å². The van der Waals surface area contributed by atoms with Crippen LogP contribution in [0.25, 0.3) is 112 Å². The average molecular weight is 776 g/mol. The lowest BCUT2D eigenvalue weighted by atomic mass is 9.82. The standard InChI is InChI=1S/C51H37N9/c1-58-46(55-41-12-7-29-52-49(41)58)36-21-15-33(16-22-36)40-28-27-39(32-10-5-4-6-11-32)44(34-17-23-37(24-18-34)47-56-42-13-8-30-53-50(42)59(47)2)45(40)35-19-25-38(26-20-35)48-57-43-14-9-31-54-51(43)60(48)3/h4-31H,1-3H3. The molecule has 0 aliphatic rings. The van der Waals surface area contributed by atoms with Crippen LogP contribution in [-0.2, 0) is 21.1 Å². The summed E-state index contributed by atoms with van der Waals surface area (Å²) in [6, 6.07) is 53.3. The molecule has 11 aromatic rings. The minimum Gasteiger partial charge on any atom is -0.312 e. The zero-order valence-corrected chi connectivity index (χ0v) is 33.2. The number of aromatic nitrogens is 9. The van der Waals surface area contributed by atoms with Crippen molar-refractivity contribution in [3.05, 3.63) is 170 Å². The van der Waals surface area contributed by atoms with Crippen LogP contribution in [0, 0.1) is 0 Å². The number of fused-ring (bicyclic) bond motifs is 3. The molecule has 0 bridgehead atoms. The predicted molar refractivity (Wildman–Crippen MR) is 241 cm³/mol. The molecule has 6 heterocycles. The highest BCUT2D eigenvalue weighted by Gasteiger charge is 2.21. The van der Waals surface area contributed by atoms with Crippen molar-refractivity contribution < 1.29 is 0 Å². The molecular formula is C51H37N9. The van der Waals surface area contributed by atoms with Crippen LogP contribution in [0.15, 0.2) is 170 Å². The molecular weight excluding hydrogens is 739 g/mol. The molecule has 60 heavy (non-hydrogen) atoms. The molecule has 0 N–H and O–H groups in total. The van der Waals surface area contributed by atoms with Crippen LogP contribution >= 0.6 is 0 Å². The van der Waals surface area contributed by atoms with Gasteiger partial charge in [0.25, 0.3) is 0 Å². The second-order valence-electron chi connectivity index (χ2n) is 15.0. The number of hydrogen-bond donors (Lipinski definition) is 0. The Labute approximate surface area is 346 Å². The van der Waals surface area contributed by atoms with E-state index >= 15 is 0 Å². The van der Waals surface area contributed by atoms with Crippen molar-refractivity contribution in [3.63, 3.8) is 0 Å². The maximum absolute atomic E-state index is 4.95. The summed E-state index contributed by atoms with van der Waals surface area (Å²) in [4.78, 5) is 28.6. The molecule has 0 amide bonds. The van der Waals surface area contributed by atoms with Crippen molar-refractivity contribution in [2.45, 2.75) is 0 Å². The number of aryl methyl sites for hydroxylation is 3. The van der Waals surface area contributed by atoms with Gasteiger partial charge in [0.05, 0.1) is 0 Å². The van der Waals surface area contributed by atoms with Gasteiger partial charge in [0, 0.05) is 56.4 Å². The summed E-state index contributed by atoms with van der Waals surface area (Å²) in [7, 11) is 6.06. The van der Waals surface area contributed by atoms with Crippen LogP contribution in [0.4, 0.5) is 0 Å². The van der Waals surface area contributed by atoms with Gasteiger partial charge in [-0.05, 0) is 80.9 Å². The Balaban J connectivity index is 1.10. The summed E-state index contributed by atoms with van der Waals surface area (Å²) in [6.07, 6.45) is 5.43. The van der Waals surface area contributed by atoms with Gasteiger partial charge in [-0.2, -0.15) is 0 Å². The van der Waals surface area contributed by atoms with Crippen molar-refractivity contribution in [1.82, 2.24) is 43.6 Å². The number of benzene rings is 5. The maximum atomic E-state index is 4.95. The zero-order chi connectivity index (χ0) is 40.3. The normalized spacial score (nSPS) is 11.6. The fourth-order valence-electron chi connectivity index (χ4n) is 8.52. The number of nitrogens with zero attached hydrogens (tertiary/aromatic N) is 9. The van der Waals surface area contributed by atoms with Gasteiger partial charge >= 0.3 is 0 Å². The Kier molecular flexibility index (Phi) is 8.26. The van der Waals surface area contributed by atoms with Gasteiger partial charge in [-0.3, -0.25) is 0 Å². The van der Waals surface area contributed by atoms with Crippen LogP contribution in [0.2, 0.25) is 0 Å². The van der Waals surface area contributed by atoms with E-state index in [0.29, 0.717) is 0 Å². The van der Waals surface area contributed by atoms with E-state index in [0.717, 1.165) is 112 Å². The number of hydrogen-bond acceptors (Lipinski definition) is 6. The van der Waals surface area contributed by atoms with Crippen molar-refractivity contribution in [2.24, 2.45) is 21.1 Å². The molecule has 9 nitrogen and oxygen atoms in total. The highest BCUT2D eigenvalue weighted by atomic mass is 15.1. The summed E-state index contributed by atoms with van der Waals surface area (Å²) in [5, 5.41) is 0. The maximum Gasteiger partial charge on any atom is 0.159 e. The minimum atomic E-state index is 0.855. The van der Waals surface area contributed by atoms with Gasteiger partial charge in [0.1, 0.15) is 34.0 Å². The zero-order valence-electron chi connectivity index (χ0n) is 33.2. The highest BCUT2D eigenvalue weighted by molar-refractivity contribution is 6.02. The van der Waals surface area contributed by atoms with Gasteiger partial charge in [0.2, 0.25) is 0 Å².